The molecule has 3 amide bonds. The Balaban J connectivity index is 1.62. The van der Waals surface area contributed by atoms with Crippen LogP contribution in [0.5, 0.6) is 0 Å². The number of piperidine rings is 1. The van der Waals surface area contributed by atoms with Crippen molar-refractivity contribution in [2.75, 3.05) is 26.2 Å². The second-order valence-corrected chi connectivity index (χ2v) is 10.5. The second-order valence-electron chi connectivity index (χ2n) is 9.64. The number of hydrogen-bond acceptors (Lipinski definition) is 3. The van der Waals surface area contributed by atoms with E-state index >= 15 is 0 Å². The Labute approximate surface area is 220 Å². The molecule has 36 heavy (non-hydrogen) atoms. The molecule has 2 fully saturated rings. The SMILES string of the molecule is CC(=O)NCC(=O)N1CC[C@@H](C(=O)N2CCCC2c2cc(Cl)cc(Cl)c2)[C@H](c2ccc(F)cc2C)C1. The highest BCUT2D eigenvalue weighted by atomic mass is 35.5. The van der Waals surface area contributed by atoms with Crippen LogP contribution in [0.2, 0.25) is 10.0 Å². The lowest BCUT2D eigenvalue weighted by Gasteiger charge is -2.41. The molecule has 9 heteroatoms. The Kier molecular flexibility index (Phi) is 8.20. The summed E-state index contributed by atoms with van der Waals surface area (Å²) in [6, 6.07) is 9.84. The number of halogens is 3. The summed E-state index contributed by atoms with van der Waals surface area (Å²) in [5.41, 5.74) is 2.51. The molecule has 0 radical (unpaired) electrons. The number of benzene rings is 2. The number of carbonyl (C=O) groups is 3. The molecule has 0 saturated carbocycles. The van der Waals surface area contributed by atoms with Crippen molar-refractivity contribution in [3.63, 3.8) is 0 Å². The van der Waals surface area contributed by atoms with Crippen molar-refractivity contribution in [2.45, 2.75) is 45.1 Å². The third kappa shape index (κ3) is 5.84. The molecule has 1 unspecified atom stereocenters. The number of likely N-dealkylation sites (tertiary alicyclic amines) is 2. The van der Waals surface area contributed by atoms with Crippen molar-refractivity contribution in [3.05, 3.63) is 69.0 Å². The van der Waals surface area contributed by atoms with E-state index < -0.39 is 0 Å². The van der Waals surface area contributed by atoms with Gasteiger partial charge in [0.1, 0.15) is 5.82 Å². The van der Waals surface area contributed by atoms with Crippen LogP contribution in [-0.4, -0.2) is 53.7 Å². The van der Waals surface area contributed by atoms with Crippen LogP contribution in [-0.2, 0) is 14.4 Å². The van der Waals surface area contributed by atoms with Gasteiger partial charge in [-0.25, -0.2) is 4.39 Å². The first kappa shape index (κ1) is 26.4. The Bertz CT molecular complexity index is 1150. The minimum absolute atomic E-state index is 0.0243. The van der Waals surface area contributed by atoms with E-state index in [4.69, 9.17) is 23.2 Å². The molecule has 4 rings (SSSR count). The number of hydrogen-bond donors (Lipinski definition) is 1. The molecular weight excluding hydrogens is 504 g/mol. The highest BCUT2D eigenvalue weighted by Gasteiger charge is 2.42. The van der Waals surface area contributed by atoms with E-state index in [9.17, 15) is 18.8 Å². The maximum atomic E-state index is 14.0. The van der Waals surface area contributed by atoms with Crippen molar-refractivity contribution in [2.24, 2.45) is 5.92 Å². The number of nitrogens with zero attached hydrogens (tertiary/aromatic N) is 2. The standard InChI is InChI=1S/C27H30Cl2FN3O3/c1-16-10-21(30)5-6-22(16)24-15-32(26(35)14-31-17(2)34)9-7-23(24)27(36)33-8-3-4-25(33)18-11-19(28)13-20(29)12-18/h5-6,10-13,23-25H,3-4,7-9,14-15H2,1-2H3,(H,31,34)/t23-,24+,25?/m1/s1. The van der Waals surface area contributed by atoms with Gasteiger partial charge in [0.05, 0.1) is 12.6 Å². The van der Waals surface area contributed by atoms with Gasteiger partial charge in [-0.1, -0.05) is 29.3 Å². The lowest BCUT2D eigenvalue weighted by atomic mass is 9.78. The van der Waals surface area contributed by atoms with Gasteiger partial charge < -0.3 is 15.1 Å². The molecule has 1 N–H and O–H groups in total. The van der Waals surface area contributed by atoms with Crippen LogP contribution in [0.1, 0.15) is 54.8 Å². The quantitative estimate of drug-likeness (QED) is 0.595. The molecule has 0 spiro atoms. The van der Waals surface area contributed by atoms with Gasteiger partial charge in [-0.3, -0.25) is 14.4 Å². The van der Waals surface area contributed by atoms with Gasteiger partial charge in [0.25, 0.3) is 0 Å². The van der Waals surface area contributed by atoms with Gasteiger partial charge in [0.2, 0.25) is 17.7 Å². The Morgan fingerprint density at radius 1 is 1.06 bits per heavy atom. The number of nitrogens with one attached hydrogen (secondary N) is 1. The lowest BCUT2D eigenvalue weighted by Crippen LogP contribution is -2.50. The Hall–Kier alpha value is -2.64. The van der Waals surface area contributed by atoms with E-state index in [1.165, 1.54) is 19.1 Å². The van der Waals surface area contributed by atoms with Crippen LogP contribution in [0.15, 0.2) is 36.4 Å². The normalized spacial score (nSPS) is 22.0. The summed E-state index contributed by atoms with van der Waals surface area (Å²) >= 11 is 12.5. The third-order valence-electron chi connectivity index (χ3n) is 7.21. The lowest BCUT2D eigenvalue weighted by molar-refractivity contribution is -0.142. The average Bonchev–Trinajstić information content (AvgIpc) is 3.31. The van der Waals surface area contributed by atoms with Crippen LogP contribution in [0.4, 0.5) is 4.39 Å². The fourth-order valence-electron chi connectivity index (χ4n) is 5.51. The van der Waals surface area contributed by atoms with Crippen LogP contribution in [0.3, 0.4) is 0 Å². The van der Waals surface area contributed by atoms with Gasteiger partial charge >= 0.3 is 0 Å². The zero-order valence-corrected chi connectivity index (χ0v) is 21.9. The monoisotopic (exact) mass is 533 g/mol. The van der Waals surface area contributed by atoms with Crippen LogP contribution >= 0.6 is 23.2 Å². The summed E-state index contributed by atoms with van der Waals surface area (Å²) in [6.07, 6.45) is 2.16. The van der Waals surface area contributed by atoms with Crippen molar-refractivity contribution in [1.29, 1.82) is 0 Å². The van der Waals surface area contributed by atoms with E-state index in [1.54, 1.807) is 17.0 Å². The molecule has 3 atom stereocenters. The molecule has 2 aromatic rings. The molecule has 2 aliphatic rings. The summed E-state index contributed by atoms with van der Waals surface area (Å²) in [5.74, 6) is -1.46. The summed E-state index contributed by atoms with van der Waals surface area (Å²) in [7, 11) is 0. The Morgan fingerprint density at radius 3 is 2.44 bits per heavy atom. The topological polar surface area (TPSA) is 69.7 Å². The van der Waals surface area contributed by atoms with Crippen molar-refractivity contribution >= 4 is 40.9 Å². The van der Waals surface area contributed by atoms with Crippen molar-refractivity contribution < 1.29 is 18.8 Å². The van der Waals surface area contributed by atoms with Gasteiger partial charge in [0, 0.05) is 48.4 Å². The van der Waals surface area contributed by atoms with E-state index in [0.29, 0.717) is 36.1 Å². The molecule has 0 aromatic heterocycles. The molecule has 2 aromatic carbocycles. The van der Waals surface area contributed by atoms with Crippen LogP contribution < -0.4 is 5.32 Å². The van der Waals surface area contributed by atoms with Gasteiger partial charge in [0.15, 0.2) is 0 Å². The molecule has 2 aliphatic heterocycles. The molecule has 6 nitrogen and oxygen atoms in total. The summed E-state index contributed by atoms with van der Waals surface area (Å²) in [4.78, 5) is 41.7. The van der Waals surface area contributed by atoms with Gasteiger partial charge in [-0.05, 0) is 73.2 Å². The zero-order chi connectivity index (χ0) is 26.0. The predicted octanol–water partition coefficient (Wildman–Crippen LogP) is 4.87. The predicted molar refractivity (Wildman–Crippen MR) is 137 cm³/mol. The average molecular weight is 534 g/mol. The van der Waals surface area contributed by atoms with Gasteiger partial charge in [-0.2, -0.15) is 0 Å². The number of rotatable bonds is 5. The van der Waals surface area contributed by atoms with E-state index in [0.717, 1.165) is 29.5 Å². The number of amides is 3. The maximum Gasteiger partial charge on any atom is 0.241 e. The first-order valence-electron chi connectivity index (χ1n) is 12.2. The highest BCUT2D eigenvalue weighted by molar-refractivity contribution is 6.34. The summed E-state index contributed by atoms with van der Waals surface area (Å²) in [6.45, 7) is 4.46. The largest absolute Gasteiger partial charge is 0.347 e. The smallest absolute Gasteiger partial charge is 0.241 e. The minimum atomic E-state index is -0.366. The summed E-state index contributed by atoms with van der Waals surface area (Å²) < 4.78 is 13.9. The number of aryl methyl sites for hydroxylation is 1. The Morgan fingerprint density at radius 2 is 1.78 bits per heavy atom. The molecule has 0 bridgehead atoms. The maximum absolute atomic E-state index is 14.0. The van der Waals surface area contributed by atoms with E-state index in [2.05, 4.69) is 5.32 Å². The molecule has 0 aliphatic carbocycles. The van der Waals surface area contributed by atoms with Crippen molar-refractivity contribution in [1.82, 2.24) is 15.1 Å². The first-order valence-corrected chi connectivity index (χ1v) is 12.9. The molecule has 2 saturated heterocycles. The van der Waals surface area contributed by atoms with E-state index in [1.807, 2.05) is 24.0 Å². The van der Waals surface area contributed by atoms with Crippen LogP contribution in [0.25, 0.3) is 0 Å². The van der Waals surface area contributed by atoms with Gasteiger partial charge in [-0.15, -0.1) is 0 Å². The minimum Gasteiger partial charge on any atom is -0.347 e. The third-order valence-corrected chi connectivity index (χ3v) is 7.64. The van der Waals surface area contributed by atoms with E-state index in [-0.39, 0.29) is 48.0 Å². The highest BCUT2D eigenvalue weighted by Crippen LogP contribution is 2.41. The number of carbonyl (C=O) groups excluding carboxylic acids is 3. The fourth-order valence-corrected chi connectivity index (χ4v) is 6.06. The van der Waals surface area contributed by atoms with Crippen molar-refractivity contribution in [3.8, 4) is 0 Å². The second kappa shape index (κ2) is 11.2. The molecular formula is C27H30Cl2FN3O3. The first-order chi connectivity index (χ1) is 17.1. The molecule has 2 heterocycles. The fraction of sp³-hybridized carbons (Fsp3) is 0.444. The molecule has 192 valence electrons. The summed E-state index contributed by atoms with van der Waals surface area (Å²) in [5, 5.41) is 3.61. The zero-order valence-electron chi connectivity index (χ0n) is 20.4. The van der Waals surface area contributed by atoms with Crippen LogP contribution in [0, 0.1) is 18.7 Å².